The van der Waals surface area contributed by atoms with Crippen molar-refractivity contribution in [1.29, 1.82) is 0 Å². The number of aromatic nitrogens is 1. The van der Waals surface area contributed by atoms with E-state index in [9.17, 15) is 4.79 Å². The first-order valence-electron chi connectivity index (χ1n) is 14.5. The third-order valence-corrected chi connectivity index (χ3v) is 9.50. The number of halogens is 1. The number of carbonyl (C=O) groups excluding carboxylic acids is 1. The number of thioether (sulfide) groups is 1. The molecule has 0 aliphatic carbocycles. The lowest BCUT2D eigenvalue weighted by molar-refractivity contribution is -0.122. The Morgan fingerprint density at radius 1 is 1.12 bits per heavy atom. The molecule has 6 rings (SSSR count). The second-order valence-corrected chi connectivity index (χ2v) is 12.8. The molecule has 6 nitrogen and oxygen atoms in total. The number of benzene rings is 3. The molecule has 1 amide bonds. The van der Waals surface area contributed by atoms with Gasteiger partial charge >= 0.3 is 0 Å². The molecular formula is C35H35ClN4O2S. The number of fused-ring (bicyclic) bond motifs is 2. The van der Waals surface area contributed by atoms with Gasteiger partial charge in [0.25, 0.3) is 5.91 Å². The zero-order chi connectivity index (χ0) is 30.3. The molecule has 3 aromatic carbocycles. The number of anilines is 1. The number of H-pyrrole nitrogens is 1. The van der Waals surface area contributed by atoms with E-state index in [4.69, 9.17) is 21.3 Å². The predicted octanol–water partition coefficient (Wildman–Crippen LogP) is 8.70. The minimum Gasteiger partial charge on any atom is -0.497 e. The summed E-state index contributed by atoms with van der Waals surface area (Å²) in [5.74, 6) is 0.682. The van der Waals surface area contributed by atoms with Crippen LogP contribution in [0.5, 0.6) is 5.75 Å². The van der Waals surface area contributed by atoms with Crippen molar-refractivity contribution in [1.82, 2.24) is 9.88 Å². The van der Waals surface area contributed by atoms with E-state index in [1.54, 1.807) is 12.0 Å². The summed E-state index contributed by atoms with van der Waals surface area (Å²) < 4.78 is 5.31. The average Bonchev–Trinajstić information content (AvgIpc) is 3.52. The Labute approximate surface area is 262 Å². The van der Waals surface area contributed by atoms with E-state index in [0.29, 0.717) is 28.1 Å². The lowest BCUT2D eigenvalue weighted by Crippen LogP contribution is -2.44. The second-order valence-electron chi connectivity index (χ2n) is 11.4. The number of para-hydroxylation sites is 1. The van der Waals surface area contributed by atoms with Gasteiger partial charge in [0.2, 0.25) is 0 Å². The summed E-state index contributed by atoms with van der Waals surface area (Å²) in [6.45, 7) is 10.1. The molecule has 1 saturated heterocycles. The van der Waals surface area contributed by atoms with Crippen LogP contribution >= 0.6 is 23.4 Å². The van der Waals surface area contributed by atoms with Crippen molar-refractivity contribution in [3.8, 4) is 5.75 Å². The van der Waals surface area contributed by atoms with Crippen molar-refractivity contribution in [3.63, 3.8) is 0 Å². The number of aliphatic imine (C=N–C) groups is 1. The molecule has 0 spiro atoms. The van der Waals surface area contributed by atoms with Crippen molar-refractivity contribution >= 4 is 68.4 Å². The highest BCUT2D eigenvalue weighted by atomic mass is 35.5. The Morgan fingerprint density at radius 2 is 1.88 bits per heavy atom. The molecule has 1 aromatic heterocycles. The summed E-state index contributed by atoms with van der Waals surface area (Å²) in [6.07, 6.45) is 6.93. The van der Waals surface area contributed by atoms with Crippen LogP contribution in [0.15, 0.2) is 82.8 Å². The summed E-state index contributed by atoms with van der Waals surface area (Å²) in [6, 6.07) is 19.9. The summed E-state index contributed by atoms with van der Waals surface area (Å²) >= 11 is 8.28. The summed E-state index contributed by atoms with van der Waals surface area (Å²) in [4.78, 5) is 26.9. The quantitative estimate of drug-likeness (QED) is 0.213. The van der Waals surface area contributed by atoms with Gasteiger partial charge in [-0.25, -0.2) is 4.99 Å². The van der Waals surface area contributed by atoms with Crippen LogP contribution in [-0.2, 0) is 11.2 Å². The van der Waals surface area contributed by atoms with Crippen LogP contribution in [0.25, 0.3) is 22.6 Å². The third-order valence-electron chi connectivity index (χ3n) is 8.16. The van der Waals surface area contributed by atoms with Gasteiger partial charge in [-0.15, -0.1) is 0 Å². The number of carbonyl (C=O) groups is 1. The molecule has 1 N–H and O–H groups in total. The maximum atomic E-state index is 13.9. The fourth-order valence-corrected chi connectivity index (χ4v) is 7.30. The van der Waals surface area contributed by atoms with E-state index in [1.807, 2.05) is 54.7 Å². The van der Waals surface area contributed by atoms with Crippen molar-refractivity contribution in [2.24, 2.45) is 4.99 Å². The SMILES string of the molecule is CCN1c2cc(Cl)c(/C=C3/SC(=Nc4ccc(OC)cc4)N(CCc4c[nH]c5ccccc45)C3=O)cc2C(C)=CC1(C)C. The molecule has 0 saturated carbocycles. The van der Waals surface area contributed by atoms with Crippen molar-refractivity contribution in [3.05, 3.63) is 99.6 Å². The molecule has 220 valence electrons. The molecular weight excluding hydrogens is 576 g/mol. The van der Waals surface area contributed by atoms with Crippen molar-refractivity contribution < 1.29 is 9.53 Å². The van der Waals surface area contributed by atoms with E-state index in [2.05, 4.69) is 61.9 Å². The maximum absolute atomic E-state index is 13.9. The van der Waals surface area contributed by atoms with Gasteiger partial charge in [-0.1, -0.05) is 35.9 Å². The molecule has 3 heterocycles. The predicted molar refractivity (Wildman–Crippen MR) is 182 cm³/mol. The number of methoxy groups -OCH3 is 1. The summed E-state index contributed by atoms with van der Waals surface area (Å²) in [7, 11) is 1.64. The van der Waals surface area contributed by atoms with Crippen LogP contribution in [0.1, 0.15) is 44.4 Å². The van der Waals surface area contributed by atoms with E-state index in [1.165, 1.54) is 22.7 Å². The number of hydrogen-bond donors (Lipinski definition) is 1. The smallest absolute Gasteiger partial charge is 0.266 e. The molecule has 2 aliphatic rings. The highest BCUT2D eigenvalue weighted by Crippen LogP contribution is 2.43. The topological polar surface area (TPSA) is 60.9 Å². The summed E-state index contributed by atoms with van der Waals surface area (Å²) in [5.41, 5.74) is 7.18. The second kappa shape index (κ2) is 11.6. The molecule has 43 heavy (non-hydrogen) atoms. The average molecular weight is 611 g/mol. The number of amides is 1. The van der Waals surface area contributed by atoms with Gasteiger partial charge in [-0.05, 0) is 111 Å². The van der Waals surface area contributed by atoms with Crippen LogP contribution in [0.3, 0.4) is 0 Å². The third kappa shape index (κ3) is 5.59. The van der Waals surface area contributed by atoms with E-state index < -0.39 is 0 Å². The van der Waals surface area contributed by atoms with Crippen LogP contribution < -0.4 is 9.64 Å². The van der Waals surface area contributed by atoms with Gasteiger partial charge in [-0.2, -0.15) is 0 Å². The molecule has 0 radical (unpaired) electrons. The fraction of sp³-hybridized carbons (Fsp3) is 0.257. The van der Waals surface area contributed by atoms with Gasteiger partial charge in [0.1, 0.15) is 5.75 Å². The van der Waals surface area contributed by atoms with Gasteiger partial charge < -0.3 is 14.6 Å². The number of ether oxygens (including phenoxy) is 1. The number of nitrogens with zero attached hydrogens (tertiary/aromatic N) is 3. The number of amidine groups is 1. The Kier molecular flexibility index (Phi) is 7.88. The van der Waals surface area contributed by atoms with Crippen LogP contribution in [-0.4, -0.2) is 46.7 Å². The number of nitrogens with one attached hydrogen (secondary N) is 1. The first-order chi connectivity index (χ1) is 20.7. The zero-order valence-corrected chi connectivity index (χ0v) is 26.6. The molecule has 0 bridgehead atoms. The number of rotatable bonds is 7. The Bertz CT molecular complexity index is 1800. The first-order valence-corrected chi connectivity index (χ1v) is 15.7. The largest absolute Gasteiger partial charge is 0.497 e. The lowest BCUT2D eigenvalue weighted by Gasteiger charge is -2.43. The highest BCUT2D eigenvalue weighted by Gasteiger charge is 2.34. The van der Waals surface area contributed by atoms with Crippen LogP contribution in [0, 0.1) is 0 Å². The van der Waals surface area contributed by atoms with Crippen molar-refractivity contribution in [2.75, 3.05) is 25.1 Å². The minimum atomic E-state index is -0.107. The van der Waals surface area contributed by atoms with Gasteiger partial charge in [0, 0.05) is 46.5 Å². The molecule has 0 unspecified atom stereocenters. The number of aromatic amines is 1. The van der Waals surface area contributed by atoms with E-state index >= 15 is 0 Å². The van der Waals surface area contributed by atoms with Gasteiger partial charge in [0.05, 0.1) is 23.2 Å². The normalized spacial score (nSPS) is 18.1. The Morgan fingerprint density at radius 3 is 2.63 bits per heavy atom. The zero-order valence-electron chi connectivity index (χ0n) is 25.1. The van der Waals surface area contributed by atoms with Crippen molar-refractivity contribution in [2.45, 2.75) is 39.7 Å². The molecule has 4 aromatic rings. The van der Waals surface area contributed by atoms with E-state index in [-0.39, 0.29) is 11.4 Å². The number of hydrogen-bond acceptors (Lipinski definition) is 5. The minimum absolute atomic E-state index is 0.0746. The fourth-order valence-electron chi connectivity index (χ4n) is 6.07. The van der Waals surface area contributed by atoms with Gasteiger partial charge in [0.15, 0.2) is 5.17 Å². The lowest BCUT2D eigenvalue weighted by atomic mass is 9.88. The monoisotopic (exact) mass is 610 g/mol. The maximum Gasteiger partial charge on any atom is 0.266 e. The van der Waals surface area contributed by atoms with E-state index in [0.717, 1.165) is 45.9 Å². The molecule has 0 atom stereocenters. The first kappa shape index (κ1) is 29.1. The molecule has 2 aliphatic heterocycles. The highest BCUT2D eigenvalue weighted by molar-refractivity contribution is 8.18. The molecule has 1 fully saturated rings. The van der Waals surface area contributed by atoms with Crippen LogP contribution in [0.2, 0.25) is 5.02 Å². The van der Waals surface area contributed by atoms with Gasteiger partial charge in [-0.3, -0.25) is 9.69 Å². The Balaban J connectivity index is 1.35. The summed E-state index contributed by atoms with van der Waals surface area (Å²) in [5, 5.41) is 2.43. The number of allylic oxidation sites excluding steroid dienone is 1. The molecule has 8 heteroatoms. The standard InChI is InChI=1S/C35H35ClN4O2S/c1-6-40-31-19-29(36)24(17-28(31)22(2)20-35(40,3)4)18-32-33(41)39(16-15-23-21-37-30-10-8-7-9-27(23)30)34(43-32)38-25-11-13-26(42-5)14-12-25/h7-14,17-21,37H,6,15-16H2,1-5H3/b32-18+,38-34?. The number of likely N-dealkylation sites (N-methyl/N-ethyl adjacent to an activating group) is 1. The van der Waals surface area contributed by atoms with Crippen LogP contribution in [0.4, 0.5) is 11.4 Å². The Hall–Kier alpha value is -3.94.